The van der Waals surface area contributed by atoms with Crippen LogP contribution in [0.1, 0.15) is 13.3 Å². The van der Waals surface area contributed by atoms with Gasteiger partial charge in [0, 0.05) is 23.7 Å². The molecular weight excluding hydrogens is 136 g/mol. The molecule has 2 nitrogen and oxygen atoms in total. The highest BCUT2D eigenvalue weighted by molar-refractivity contribution is 5.30. The fraction of sp³-hybridized carbons (Fsp3) is 0.556. The Bertz CT molecular complexity index is 226. The molecule has 2 heteroatoms. The fourth-order valence-electron chi connectivity index (χ4n) is 1.94. The van der Waals surface area contributed by atoms with Crippen molar-refractivity contribution in [3.05, 3.63) is 23.9 Å². The van der Waals surface area contributed by atoms with Crippen molar-refractivity contribution in [2.45, 2.75) is 18.9 Å². The van der Waals surface area contributed by atoms with Crippen molar-refractivity contribution >= 4 is 0 Å². The summed E-state index contributed by atoms with van der Waals surface area (Å²) in [5, 5.41) is 3.34. The van der Waals surface area contributed by atoms with Crippen LogP contribution in [0.5, 0.6) is 0 Å². The highest BCUT2D eigenvalue weighted by Crippen LogP contribution is 2.32. The van der Waals surface area contributed by atoms with Crippen LogP contribution in [0.2, 0.25) is 0 Å². The molecule has 0 saturated carbocycles. The summed E-state index contributed by atoms with van der Waals surface area (Å²) >= 11 is 0. The highest BCUT2D eigenvalue weighted by Gasteiger charge is 2.35. The van der Waals surface area contributed by atoms with Crippen molar-refractivity contribution < 1.29 is 0 Å². The maximum absolute atomic E-state index is 6.10. The van der Waals surface area contributed by atoms with Gasteiger partial charge < -0.3 is 11.1 Å². The highest BCUT2D eigenvalue weighted by atomic mass is 15.0. The van der Waals surface area contributed by atoms with Gasteiger partial charge >= 0.3 is 0 Å². The van der Waals surface area contributed by atoms with Gasteiger partial charge in [-0.1, -0.05) is 12.2 Å². The summed E-state index contributed by atoms with van der Waals surface area (Å²) in [7, 11) is 0. The smallest absolute Gasteiger partial charge is 0.0397 e. The van der Waals surface area contributed by atoms with E-state index in [2.05, 4.69) is 24.4 Å². The number of hydrogen-bond donors (Lipinski definition) is 2. The van der Waals surface area contributed by atoms with Gasteiger partial charge in [-0.05, 0) is 19.4 Å². The molecule has 0 radical (unpaired) electrons. The maximum Gasteiger partial charge on any atom is 0.0397 e. The van der Waals surface area contributed by atoms with E-state index in [4.69, 9.17) is 5.73 Å². The minimum absolute atomic E-state index is 0.131. The lowest BCUT2D eigenvalue weighted by atomic mass is 9.81. The largest absolute Gasteiger partial charge is 0.388 e. The number of rotatable bonds is 0. The van der Waals surface area contributed by atoms with Crippen molar-refractivity contribution in [3.8, 4) is 0 Å². The lowest BCUT2D eigenvalue weighted by Gasteiger charge is -2.30. The molecule has 60 valence electrons. The van der Waals surface area contributed by atoms with Crippen LogP contribution in [-0.2, 0) is 0 Å². The third kappa shape index (κ3) is 0.979. The molecule has 1 heterocycles. The summed E-state index contributed by atoms with van der Waals surface area (Å²) in [4.78, 5) is 0. The average molecular weight is 150 g/mol. The topological polar surface area (TPSA) is 38.0 Å². The number of nitrogens with two attached hydrogens (primary N) is 1. The van der Waals surface area contributed by atoms with Gasteiger partial charge in [0.15, 0.2) is 0 Å². The van der Waals surface area contributed by atoms with Crippen molar-refractivity contribution in [3.63, 3.8) is 0 Å². The van der Waals surface area contributed by atoms with E-state index >= 15 is 0 Å². The van der Waals surface area contributed by atoms with Gasteiger partial charge in [-0.3, -0.25) is 0 Å². The summed E-state index contributed by atoms with van der Waals surface area (Å²) < 4.78 is 0. The molecule has 0 aromatic carbocycles. The Morgan fingerprint density at radius 2 is 2.55 bits per heavy atom. The Morgan fingerprint density at radius 1 is 1.73 bits per heavy atom. The van der Waals surface area contributed by atoms with Gasteiger partial charge in [0.25, 0.3) is 0 Å². The summed E-state index contributed by atoms with van der Waals surface area (Å²) in [6.45, 7) is 3.17. The van der Waals surface area contributed by atoms with Crippen LogP contribution < -0.4 is 11.1 Å². The minimum atomic E-state index is -0.131. The summed E-state index contributed by atoms with van der Waals surface area (Å²) in [5.74, 6) is 0.521. The molecule has 0 bridgehead atoms. The van der Waals surface area contributed by atoms with E-state index in [1.165, 1.54) is 12.1 Å². The van der Waals surface area contributed by atoms with Gasteiger partial charge in [0.2, 0.25) is 0 Å². The number of fused-ring (bicyclic) bond motifs is 1. The lowest BCUT2D eigenvalue weighted by molar-refractivity contribution is 0.416. The van der Waals surface area contributed by atoms with Crippen molar-refractivity contribution in [1.29, 1.82) is 0 Å². The van der Waals surface area contributed by atoms with Crippen LogP contribution in [0.3, 0.4) is 0 Å². The lowest BCUT2D eigenvalue weighted by Crippen LogP contribution is -2.43. The molecule has 2 unspecified atom stereocenters. The molecule has 3 N–H and O–H groups in total. The molecule has 1 aliphatic carbocycles. The first-order valence-corrected chi connectivity index (χ1v) is 4.12. The predicted octanol–water partition coefficient (Wildman–Crippen LogP) is 0.767. The van der Waals surface area contributed by atoms with Crippen LogP contribution in [0.25, 0.3) is 0 Å². The Hall–Kier alpha value is -0.760. The van der Waals surface area contributed by atoms with E-state index in [-0.39, 0.29) is 5.54 Å². The maximum atomic E-state index is 6.10. The second kappa shape index (κ2) is 2.11. The summed E-state index contributed by atoms with van der Waals surface area (Å²) in [6, 6.07) is 0. The minimum Gasteiger partial charge on any atom is -0.388 e. The van der Waals surface area contributed by atoms with Crippen molar-refractivity contribution in [1.82, 2.24) is 5.32 Å². The average Bonchev–Trinajstić information content (AvgIpc) is 2.34. The first-order chi connectivity index (χ1) is 5.20. The molecule has 1 aliphatic heterocycles. The van der Waals surface area contributed by atoms with Crippen LogP contribution in [0.4, 0.5) is 0 Å². The Morgan fingerprint density at radius 3 is 3.27 bits per heavy atom. The second-order valence-corrected chi connectivity index (χ2v) is 3.62. The summed E-state index contributed by atoms with van der Waals surface area (Å²) in [5.41, 5.74) is 7.28. The van der Waals surface area contributed by atoms with Crippen LogP contribution in [0, 0.1) is 5.92 Å². The van der Waals surface area contributed by atoms with Crippen molar-refractivity contribution in [2.24, 2.45) is 11.7 Å². The second-order valence-electron chi connectivity index (χ2n) is 3.62. The molecule has 2 aliphatic rings. The number of hydrogen-bond acceptors (Lipinski definition) is 2. The monoisotopic (exact) mass is 150 g/mol. The van der Waals surface area contributed by atoms with Crippen LogP contribution in [-0.4, -0.2) is 12.1 Å². The molecule has 2 atom stereocenters. The molecule has 0 aromatic rings. The third-order valence-corrected chi connectivity index (χ3v) is 2.62. The molecule has 0 spiro atoms. The molecule has 1 fully saturated rings. The molecule has 0 amide bonds. The fourth-order valence-corrected chi connectivity index (χ4v) is 1.94. The van der Waals surface area contributed by atoms with E-state index in [1.54, 1.807) is 0 Å². The first kappa shape index (κ1) is 6.92. The van der Waals surface area contributed by atoms with Gasteiger partial charge in [0.05, 0.1) is 0 Å². The van der Waals surface area contributed by atoms with Crippen LogP contribution >= 0.6 is 0 Å². The zero-order valence-electron chi connectivity index (χ0n) is 6.80. The molecule has 11 heavy (non-hydrogen) atoms. The third-order valence-electron chi connectivity index (χ3n) is 2.62. The van der Waals surface area contributed by atoms with E-state index < -0.39 is 0 Å². The van der Waals surface area contributed by atoms with E-state index in [0.29, 0.717) is 5.92 Å². The normalized spacial score (nSPS) is 41.3. The zero-order chi connectivity index (χ0) is 7.90. The molecular formula is C9H14N2. The van der Waals surface area contributed by atoms with E-state index in [0.717, 1.165) is 6.54 Å². The van der Waals surface area contributed by atoms with E-state index in [9.17, 15) is 0 Å². The molecule has 0 aromatic heterocycles. The quantitative estimate of drug-likeness (QED) is 0.535. The Labute approximate surface area is 67.2 Å². The standard InChI is InChI=1S/C9H14N2/c1-9(10)5-2-3-8-7(9)4-6-11-8/h2-3,5,7,11H,4,6,10H2,1H3. The number of nitrogens with one attached hydrogen (secondary N) is 1. The van der Waals surface area contributed by atoms with Gasteiger partial charge in [-0.15, -0.1) is 0 Å². The van der Waals surface area contributed by atoms with Crippen molar-refractivity contribution in [2.75, 3.05) is 6.54 Å². The van der Waals surface area contributed by atoms with Gasteiger partial charge in [0.1, 0.15) is 0 Å². The molecule has 2 rings (SSSR count). The Kier molecular flexibility index (Phi) is 1.33. The van der Waals surface area contributed by atoms with Gasteiger partial charge in [-0.25, -0.2) is 0 Å². The first-order valence-electron chi connectivity index (χ1n) is 4.12. The zero-order valence-corrected chi connectivity index (χ0v) is 6.80. The van der Waals surface area contributed by atoms with E-state index in [1.807, 2.05) is 6.08 Å². The van der Waals surface area contributed by atoms with Crippen LogP contribution in [0.15, 0.2) is 23.9 Å². The SMILES string of the molecule is CC1(N)C=CC=C2NCCC21. The number of allylic oxidation sites excluding steroid dienone is 2. The molecule has 1 saturated heterocycles. The predicted molar refractivity (Wildman–Crippen MR) is 45.9 cm³/mol. The summed E-state index contributed by atoms with van der Waals surface area (Å²) in [6.07, 6.45) is 7.44. The van der Waals surface area contributed by atoms with Gasteiger partial charge in [-0.2, -0.15) is 0 Å². The Balaban J connectivity index is 2.33.